The third kappa shape index (κ3) is 3.24. The third-order valence-corrected chi connectivity index (χ3v) is 6.22. The summed E-state index contributed by atoms with van der Waals surface area (Å²) in [5.41, 5.74) is 3.94. The molecule has 0 aliphatic rings. The summed E-state index contributed by atoms with van der Waals surface area (Å²) >= 11 is 2.82. The van der Waals surface area contributed by atoms with Gasteiger partial charge < -0.3 is 0 Å². The van der Waals surface area contributed by atoms with Gasteiger partial charge in [0.25, 0.3) is 5.56 Å². The van der Waals surface area contributed by atoms with Crippen molar-refractivity contribution in [1.29, 1.82) is 0 Å². The fourth-order valence-electron chi connectivity index (χ4n) is 3.08. The molecular formula is C20H17N3O2S2. The molecule has 3 heterocycles. The molecule has 0 aliphatic carbocycles. The zero-order chi connectivity index (χ0) is 19.1. The maximum Gasteiger partial charge on any atom is 0.294 e. The molecule has 0 atom stereocenters. The lowest BCUT2D eigenvalue weighted by atomic mass is 10.0. The van der Waals surface area contributed by atoms with Crippen LogP contribution in [0.2, 0.25) is 0 Å². The Morgan fingerprint density at radius 1 is 1.19 bits per heavy atom. The maximum atomic E-state index is 12.9. The van der Waals surface area contributed by atoms with Crippen LogP contribution in [0.3, 0.4) is 0 Å². The summed E-state index contributed by atoms with van der Waals surface area (Å²) in [6, 6.07) is 9.70. The van der Waals surface area contributed by atoms with E-state index in [0.717, 1.165) is 26.4 Å². The van der Waals surface area contributed by atoms with Gasteiger partial charge in [-0.25, -0.2) is 9.67 Å². The minimum absolute atomic E-state index is 0.0935. The molecule has 1 aromatic carbocycles. The summed E-state index contributed by atoms with van der Waals surface area (Å²) in [5.74, 6) is -0.127. The van der Waals surface area contributed by atoms with Crippen molar-refractivity contribution in [3.63, 3.8) is 0 Å². The van der Waals surface area contributed by atoms with Crippen molar-refractivity contribution in [3.05, 3.63) is 67.1 Å². The molecule has 0 amide bonds. The normalized spacial score (nSPS) is 11.2. The van der Waals surface area contributed by atoms with Gasteiger partial charge in [-0.2, -0.15) is 5.10 Å². The van der Waals surface area contributed by atoms with E-state index < -0.39 is 0 Å². The number of Topliss-reactive ketones (excluding diaryl/α,β-unsaturated/α-hetero) is 1. The van der Waals surface area contributed by atoms with Crippen molar-refractivity contribution in [2.75, 3.05) is 0 Å². The molecular weight excluding hydrogens is 378 g/mol. The van der Waals surface area contributed by atoms with Crippen molar-refractivity contribution in [2.45, 2.75) is 27.3 Å². The van der Waals surface area contributed by atoms with Gasteiger partial charge in [-0.1, -0.05) is 29.8 Å². The number of nitrogens with zero attached hydrogens (tertiary/aromatic N) is 3. The minimum Gasteiger partial charge on any atom is -0.291 e. The number of carbonyl (C=O) groups is 1. The van der Waals surface area contributed by atoms with Gasteiger partial charge in [0.15, 0.2) is 11.3 Å². The summed E-state index contributed by atoms with van der Waals surface area (Å²) in [5, 5.41) is 7.23. The van der Waals surface area contributed by atoms with E-state index in [1.165, 1.54) is 27.4 Å². The molecule has 4 rings (SSSR count). The Bertz CT molecular complexity index is 1220. The Hall–Kier alpha value is -2.64. The fourth-order valence-corrected chi connectivity index (χ4v) is 4.65. The summed E-state index contributed by atoms with van der Waals surface area (Å²) in [7, 11) is 0. The van der Waals surface area contributed by atoms with Crippen LogP contribution in [0.25, 0.3) is 21.5 Å². The molecule has 0 unspecified atom stereocenters. The molecule has 0 bridgehead atoms. The summed E-state index contributed by atoms with van der Waals surface area (Å²) in [4.78, 5) is 30.4. The number of hydrogen-bond acceptors (Lipinski definition) is 6. The lowest BCUT2D eigenvalue weighted by Crippen LogP contribution is -2.27. The van der Waals surface area contributed by atoms with Crippen molar-refractivity contribution < 1.29 is 4.79 Å². The Balaban J connectivity index is 1.92. The second-order valence-corrected chi connectivity index (χ2v) is 8.59. The Labute approximate surface area is 163 Å². The first-order chi connectivity index (χ1) is 12.9. The highest BCUT2D eigenvalue weighted by Crippen LogP contribution is 2.31. The summed E-state index contributed by atoms with van der Waals surface area (Å²) in [6.07, 6.45) is 0. The number of thiophene rings is 1. The highest BCUT2D eigenvalue weighted by molar-refractivity contribution is 7.19. The monoisotopic (exact) mass is 395 g/mol. The van der Waals surface area contributed by atoms with Gasteiger partial charge >= 0.3 is 0 Å². The number of benzene rings is 1. The molecule has 0 N–H and O–H groups in total. The predicted molar refractivity (Wildman–Crippen MR) is 110 cm³/mol. The predicted octanol–water partition coefficient (Wildman–Crippen LogP) is 4.39. The average Bonchev–Trinajstić information content (AvgIpc) is 3.27. The first kappa shape index (κ1) is 17.8. The van der Waals surface area contributed by atoms with Crippen molar-refractivity contribution >= 4 is 38.7 Å². The molecule has 0 saturated heterocycles. The van der Waals surface area contributed by atoms with Crippen molar-refractivity contribution in [3.8, 4) is 11.3 Å². The van der Waals surface area contributed by atoms with Gasteiger partial charge in [0, 0.05) is 5.56 Å². The van der Waals surface area contributed by atoms with Crippen LogP contribution in [0.1, 0.15) is 25.8 Å². The number of rotatable bonds is 4. The highest BCUT2D eigenvalue weighted by Gasteiger charge is 2.19. The van der Waals surface area contributed by atoms with Gasteiger partial charge in [0.05, 0.1) is 14.6 Å². The van der Waals surface area contributed by atoms with Crippen LogP contribution in [-0.2, 0) is 6.54 Å². The topological polar surface area (TPSA) is 64.8 Å². The van der Waals surface area contributed by atoms with E-state index in [4.69, 9.17) is 0 Å². The van der Waals surface area contributed by atoms with Crippen molar-refractivity contribution in [1.82, 2.24) is 14.8 Å². The number of aromatic nitrogens is 3. The van der Waals surface area contributed by atoms with E-state index in [2.05, 4.69) is 16.1 Å². The first-order valence-corrected chi connectivity index (χ1v) is 10.2. The molecule has 0 radical (unpaired) electrons. The van der Waals surface area contributed by atoms with Crippen LogP contribution < -0.4 is 5.56 Å². The fraction of sp³-hybridized carbons (Fsp3) is 0.200. The van der Waals surface area contributed by atoms with Gasteiger partial charge in [-0.3, -0.25) is 9.59 Å². The van der Waals surface area contributed by atoms with Crippen LogP contribution in [-0.4, -0.2) is 20.5 Å². The number of carbonyl (C=O) groups excluding carboxylic acids is 1. The number of thiazole rings is 1. The Morgan fingerprint density at radius 3 is 2.70 bits per heavy atom. The zero-order valence-electron chi connectivity index (χ0n) is 15.1. The van der Waals surface area contributed by atoms with Crippen LogP contribution in [0.4, 0.5) is 0 Å². The maximum absolute atomic E-state index is 12.9. The van der Waals surface area contributed by atoms with Gasteiger partial charge in [-0.05, 0) is 37.8 Å². The molecule has 0 fully saturated rings. The smallest absolute Gasteiger partial charge is 0.291 e. The van der Waals surface area contributed by atoms with Crippen LogP contribution >= 0.6 is 22.7 Å². The minimum atomic E-state index is -0.326. The Kier molecular flexibility index (Phi) is 4.49. The van der Waals surface area contributed by atoms with E-state index >= 15 is 0 Å². The number of hydrogen-bond donors (Lipinski definition) is 0. The quantitative estimate of drug-likeness (QED) is 0.481. The van der Waals surface area contributed by atoms with Crippen LogP contribution in [0, 0.1) is 20.8 Å². The van der Waals surface area contributed by atoms with E-state index in [1.54, 1.807) is 6.07 Å². The number of fused-ring (bicyclic) bond motifs is 1. The second-order valence-electron chi connectivity index (χ2n) is 6.44. The van der Waals surface area contributed by atoms with E-state index in [0.29, 0.717) is 16.1 Å². The molecule has 0 spiro atoms. The van der Waals surface area contributed by atoms with Gasteiger partial charge in [0.1, 0.15) is 12.2 Å². The lowest BCUT2D eigenvalue weighted by molar-refractivity contribution is 0.0970. The standard InChI is InChI=1S/C20H17N3O2S2/c1-11-6-7-14(12(2)9-11)17-19-18(21-13(3)27-19)20(25)23(22-17)10-15(24)16-5-4-8-26-16/h4-9H,10H2,1-3H3. The van der Waals surface area contributed by atoms with Gasteiger partial charge in [-0.15, -0.1) is 22.7 Å². The average molecular weight is 396 g/mol. The first-order valence-electron chi connectivity index (χ1n) is 8.46. The molecule has 27 heavy (non-hydrogen) atoms. The SMILES string of the molecule is Cc1ccc(-c2nn(CC(=O)c3cccs3)c(=O)c3nc(C)sc23)c(C)c1. The lowest BCUT2D eigenvalue weighted by Gasteiger charge is -2.10. The summed E-state index contributed by atoms with van der Waals surface area (Å²) in [6.45, 7) is 5.84. The van der Waals surface area contributed by atoms with E-state index in [9.17, 15) is 9.59 Å². The van der Waals surface area contributed by atoms with Crippen molar-refractivity contribution in [2.24, 2.45) is 0 Å². The molecule has 0 saturated carbocycles. The number of ketones is 1. The largest absolute Gasteiger partial charge is 0.294 e. The third-order valence-electron chi connectivity index (χ3n) is 4.33. The summed E-state index contributed by atoms with van der Waals surface area (Å²) < 4.78 is 2.02. The Morgan fingerprint density at radius 2 is 2.00 bits per heavy atom. The second kappa shape index (κ2) is 6.83. The number of aryl methyl sites for hydroxylation is 3. The molecule has 3 aromatic heterocycles. The molecule has 5 nitrogen and oxygen atoms in total. The van der Waals surface area contributed by atoms with E-state index in [-0.39, 0.29) is 17.9 Å². The molecule has 4 aromatic rings. The van der Waals surface area contributed by atoms with Crippen LogP contribution in [0.5, 0.6) is 0 Å². The highest BCUT2D eigenvalue weighted by atomic mass is 32.1. The zero-order valence-corrected chi connectivity index (χ0v) is 16.8. The van der Waals surface area contributed by atoms with Crippen LogP contribution in [0.15, 0.2) is 40.5 Å². The molecule has 136 valence electrons. The van der Waals surface area contributed by atoms with Gasteiger partial charge in [0.2, 0.25) is 0 Å². The molecule has 0 aliphatic heterocycles. The molecule has 7 heteroatoms. The van der Waals surface area contributed by atoms with E-state index in [1.807, 2.05) is 44.4 Å².